The normalized spacial score (nSPS) is 13.6. The summed E-state index contributed by atoms with van der Waals surface area (Å²) in [6.45, 7) is 5.77. The molecular formula is C15H13N. The van der Waals surface area contributed by atoms with Gasteiger partial charge in [0.2, 0.25) is 0 Å². The third-order valence-electron chi connectivity index (χ3n) is 2.36. The van der Waals surface area contributed by atoms with E-state index in [2.05, 4.69) is 23.7 Å². The van der Waals surface area contributed by atoms with Crippen LogP contribution in [0.1, 0.15) is 12.5 Å². The number of rotatable bonds is 2. The number of para-hydroxylation sites is 1. The summed E-state index contributed by atoms with van der Waals surface area (Å²) in [5, 5.41) is 3.36. The van der Waals surface area contributed by atoms with Crippen LogP contribution in [0.2, 0.25) is 0 Å². The van der Waals surface area contributed by atoms with E-state index < -0.39 is 0 Å². The van der Waals surface area contributed by atoms with Gasteiger partial charge in [-0.25, -0.2) is 0 Å². The van der Waals surface area contributed by atoms with Crippen LogP contribution in [0.15, 0.2) is 60.3 Å². The lowest BCUT2D eigenvalue weighted by Crippen LogP contribution is -1.99. The number of nitrogens with one attached hydrogen (secondary N) is 1. The lowest BCUT2D eigenvalue weighted by molar-refractivity contribution is 1.43. The number of allylic oxidation sites excluding steroid dienone is 4. The minimum Gasteiger partial charge on any atom is -0.353 e. The molecule has 1 aromatic rings. The lowest BCUT2D eigenvalue weighted by atomic mass is 10.2. The number of benzene rings is 1. The summed E-state index contributed by atoms with van der Waals surface area (Å²) >= 11 is 0. The van der Waals surface area contributed by atoms with Crippen molar-refractivity contribution in [1.29, 1.82) is 0 Å². The van der Waals surface area contributed by atoms with Crippen LogP contribution in [0.25, 0.3) is 0 Å². The third kappa shape index (κ3) is 1.92. The van der Waals surface area contributed by atoms with E-state index in [1.807, 2.05) is 43.3 Å². The highest BCUT2D eigenvalue weighted by molar-refractivity contribution is 5.68. The third-order valence-corrected chi connectivity index (χ3v) is 2.36. The highest BCUT2D eigenvalue weighted by Crippen LogP contribution is 2.21. The van der Waals surface area contributed by atoms with Crippen LogP contribution in [0.4, 0.5) is 5.69 Å². The van der Waals surface area contributed by atoms with Gasteiger partial charge in [0.1, 0.15) is 0 Å². The van der Waals surface area contributed by atoms with Gasteiger partial charge in [-0.05, 0) is 25.1 Å². The van der Waals surface area contributed by atoms with Gasteiger partial charge >= 0.3 is 0 Å². The summed E-state index contributed by atoms with van der Waals surface area (Å²) in [5.74, 6) is 6.26. The number of fused-ring (bicyclic) bond motifs is 1. The summed E-state index contributed by atoms with van der Waals surface area (Å²) in [6, 6.07) is 8.03. The highest BCUT2D eigenvalue weighted by Gasteiger charge is 2.06. The zero-order chi connectivity index (χ0) is 11.4. The molecule has 1 aliphatic heterocycles. The first-order chi connectivity index (χ1) is 7.85. The molecule has 0 unspecified atom stereocenters. The SMILES string of the molecule is C=CC1=C(/C=C\C)Nc2ccccc2C#C1. The molecule has 78 valence electrons. The molecule has 0 atom stereocenters. The van der Waals surface area contributed by atoms with Gasteiger partial charge in [-0.2, -0.15) is 0 Å². The molecular weight excluding hydrogens is 194 g/mol. The topological polar surface area (TPSA) is 12.0 Å². The Bertz CT molecular complexity index is 536. The van der Waals surface area contributed by atoms with Crippen molar-refractivity contribution in [3.63, 3.8) is 0 Å². The Kier molecular flexibility index (Phi) is 2.93. The van der Waals surface area contributed by atoms with Gasteiger partial charge in [0.15, 0.2) is 0 Å². The molecule has 0 spiro atoms. The number of hydrogen-bond donors (Lipinski definition) is 1. The largest absolute Gasteiger partial charge is 0.353 e. The van der Waals surface area contributed by atoms with E-state index in [-0.39, 0.29) is 0 Å². The van der Waals surface area contributed by atoms with Gasteiger partial charge in [-0.1, -0.05) is 42.7 Å². The summed E-state index contributed by atoms with van der Waals surface area (Å²) in [5.41, 5.74) is 3.98. The van der Waals surface area contributed by atoms with Crippen molar-refractivity contribution < 1.29 is 0 Å². The molecule has 0 bridgehead atoms. The summed E-state index contributed by atoms with van der Waals surface area (Å²) in [7, 11) is 0. The highest BCUT2D eigenvalue weighted by atomic mass is 14.9. The molecule has 1 aliphatic rings. The van der Waals surface area contributed by atoms with E-state index in [1.54, 1.807) is 6.08 Å². The second-order valence-corrected chi connectivity index (χ2v) is 3.45. The van der Waals surface area contributed by atoms with E-state index in [9.17, 15) is 0 Å². The monoisotopic (exact) mass is 207 g/mol. The Morgan fingerprint density at radius 2 is 2.06 bits per heavy atom. The van der Waals surface area contributed by atoms with E-state index in [1.165, 1.54) is 0 Å². The molecule has 1 heterocycles. The average Bonchev–Trinajstić information content (AvgIpc) is 2.48. The van der Waals surface area contributed by atoms with Gasteiger partial charge in [0, 0.05) is 11.1 Å². The summed E-state index contributed by atoms with van der Waals surface area (Å²) in [6.07, 6.45) is 5.77. The van der Waals surface area contributed by atoms with E-state index in [4.69, 9.17) is 0 Å². The molecule has 1 aromatic carbocycles. The predicted octanol–water partition coefficient (Wildman–Crippen LogP) is 3.48. The van der Waals surface area contributed by atoms with Gasteiger partial charge in [-0.15, -0.1) is 0 Å². The van der Waals surface area contributed by atoms with Crippen LogP contribution >= 0.6 is 0 Å². The number of anilines is 1. The fourth-order valence-electron chi connectivity index (χ4n) is 1.57. The van der Waals surface area contributed by atoms with Crippen molar-refractivity contribution in [3.8, 4) is 11.8 Å². The molecule has 1 heteroatoms. The Balaban J connectivity index is 2.54. The van der Waals surface area contributed by atoms with Crippen molar-refractivity contribution in [1.82, 2.24) is 0 Å². The maximum atomic E-state index is 3.79. The molecule has 0 aromatic heterocycles. The summed E-state index contributed by atoms with van der Waals surface area (Å²) in [4.78, 5) is 0. The molecule has 0 aliphatic carbocycles. The van der Waals surface area contributed by atoms with E-state index >= 15 is 0 Å². The van der Waals surface area contributed by atoms with Crippen molar-refractivity contribution in [2.24, 2.45) is 0 Å². The quantitative estimate of drug-likeness (QED) is 0.732. The maximum Gasteiger partial charge on any atom is 0.0543 e. The zero-order valence-electron chi connectivity index (χ0n) is 9.25. The van der Waals surface area contributed by atoms with Gasteiger partial charge in [0.25, 0.3) is 0 Å². The van der Waals surface area contributed by atoms with Crippen LogP contribution in [-0.2, 0) is 0 Å². The van der Waals surface area contributed by atoms with Crippen LogP contribution < -0.4 is 5.32 Å². The minimum atomic E-state index is 0.925. The van der Waals surface area contributed by atoms with E-state index in [0.717, 1.165) is 22.5 Å². The number of hydrogen-bond acceptors (Lipinski definition) is 1. The van der Waals surface area contributed by atoms with Crippen LogP contribution in [-0.4, -0.2) is 0 Å². The maximum absolute atomic E-state index is 3.79. The van der Waals surface area contributed by atoms with Crippen molar-refractivity contribution in [2.75, 3.05) is 5.32 Å². The van der Waals surface area contributed by atoms with Crippen LogP contribution in [0.3, 0.4) is 0 Å². The summed E-state index contributed by atoms with van der Waals surface area (Å²) < 4.78 is 0. The Labute approximate surface area is 96.2 Å². The zero-order valence-corrected chi connectivity index (χ0v) is 9.25. The first-order valence-electron chi connectivity index (χ1n) is 5.22. The fourth-order valence-corrected chi connectivity index (χ4v) is 1.57. The molecule has 1 N–H and O–H groups in total. The minimum absolute atomic E-state index is 0.925. The van der Waals surface area contributed by atoms with Crippen molar-refractivity contribution in [2.45, 2.75) is 6.92 Å². The van der Waals surface area contributed by atoms with Gasteiger partial charge in [0.05, 0.1) is 11.4 Å². The van der Waals surface area contributed by atoms with Gasteiger partial charge < -0.3 is 5.32 Å². The van der Waals surface area contributed by atoms with Crippen LogP contribution in [0.5, 0.6) is 0 Å². The van der Waals surface area contributed by atoms with Crippen LogP contribution in [0, 0.1) is 11.8 Å². The fraction of sp³-hybridized carbons (Fsp3) is 0.0667. The molecule has 0 amide bonds. The second kappa shape index (κ2) is 4.55. The molecule has 1 nitrogen and oxygen atoms in total. The average molecular weight is 207 g/mol. The molecule has 0 saturated carbocycles. The molecule has 16 heavy (non-hydrogen) atoms. The first-order valence-corrected chi connectivity index (χ1v) is 5.22. The molecule has 2 rings (SSSR count). The molecule has 0 saturated heterocycles. The predicted molar refractivity (Wildman–Crippen MR) is 69.0 cm³/mol. The second-order valence-electron chi connectivity index (χ2n) is 3.45. The lowest BCUT2D eigenvalue weighted by Gasteiger charge is -2.08. The molecule has 0 radical (unpaired) electrons. The first kappa shape index (κ1) is 10.3. The van der Waals surface area contributed by atoms with E-state index in [0.29, 0.717) is 0 Å². The smallest absolute Gasteiger partial charge is 0.0543 e. The molecule has 0 fully saturated rings. The van der Waals surface area contributed by atoms with Crippen molar-refractivity contribution >= 4 is 5.69 Å². The Morgan fingerprint density at radius 3 is 2.81 bits per heavy atom. The van der Waals surface area contributed by atoms with Crippen molar-refractivity contribution in [3.05, 3.63) is 65.9 Å². The standard InChI is InChI=1S/C15H13N/c1-3-7-14-12(4-2)10-11-13-8-5-6-9-15(13)16-14/h3-9,16H,2H2,1H3/b7-3-. The Hall–Kier alpha value is -2.20. The van der Waals surface area contributed by atoms with Gasteiger partial charge in [-0.3, -0.25) is 0 Å². The Morgan fingerprint density at radius 1 is 1.25 bits per heavy atom.